The molecule has 3 heterocycles. The number of aromatic nitrogens is 3. The van der Waals surface area contributed by atoms with Gasteiger partial charge in [-0.25, -0.2) is 4.90 Å². The monoisotopic (exact) mass is 411 g/mol. The highest BCUT2D eigenvalue weighted by atomic mass is 32.2. The van der Waals surface area contributed by atoms with Crippen LogP contribution in [0.2, 0.25) is 0 Å². The van der Waals surface area contributed by atoms with Crippen LogP contribution in [-0.4, -0.2) is 21.7 Å². The Kier molecular flexibility index (Phi) is 5.53. The molecule has 0 fully saturated rings. The van der Waals surface area contributed by atoms with Gasteiger partial charge in [0.05, 0.1) is 17.5 Å². The van der Waals surface area contributed by atoms with Crippen molar-refractivity contribution in [1.29, 1.82) is 0 Å². The maximum atomic E-state index is 13.1. The highest BCUT2D eigenvalue weighted by Gasteiger charge is 2.46. The highest BCUT2D eigenvalue weighted by Crippen LogP contribution is 2.37. The molecule has 150 valence electrons. The van der Waals surface area contributed by atoms with Crippen LogP contribution in [0.1, 0.15) is 45.0 Å². The van der Waals surface area contributed by atoms with Gasteiger partial charge in [-0.2, -0.15) is 0 Å². The summed E-state index contributed by atoms with van der Waals surface area (Å²) in [6.45, 7) is 3.66. The van der Waals surface area contributed by atoms with Gasteiger partial charge in [-0.15, -0.1) is 0 Å². The summed E-state index contributed by atoms with van der Waals surface area (Å²) in [4.78, 5) is 30.2. The zero-order valence-corrected chi connectivity index (χ0v) is 17.2. The van der Waals surface area contributed by atoms with Gasteiger partial charge < -0.3 is 4.42 Å². The number of hydrogen-bond acceptors (Lipinski definition) is 5. The lowest BCUT2D eigenvalue weighted by Gasteiger charge is -2.29. The summed E-state index contributed by atoms with van der Waals surface area (Å²) in [5, 5.41) is 5.25. The summed E-state index contributed by atoms with van der Waals surface area (Å²) < 4.78 is 7.26. The van der Waals surface area contributed by atoms with E-state index in [4.69, 9.17) is 9.52 Å². The number of unbranched alkanes of at least 4 members (excludes halogenated alkanes) is 2. The Bertz CT molecular complexity index is 1080. The highest BCUT2D eigenvalue weighted by molar-refractivity contribution is 7.99. The largest absolute Gasteiger partial charge is 0.460 e. The number of nitrogens with zero attached hydrogens (tertiary/aromatic N) is 3. The molecule has 1 N–H and O–H groups in total. The number of carbonyl (C=O) groups excluding carboxylic acids is 1. The Labute approximate surface area is 172 Å². The number of furan rings is 1. The molecule has 2 aromatic heterocycles. The lowest BCUT2D eigenvalue weighted by atomic mass is 10.0. The fourth-order valence-corrected chi connectivity index (χ4v) is 4.45. The summed E-state index contributed by atoms with van der Waals surface area (Å²) in [6, 6.07) is 10.9. The van der Waals surface area contributed by atoms with Crippen molar-refractivity contribution in [2.45, 2.75) is 44.4 Å². The van der Waals surface area contributed by atoms with E-state index in [1.54, 1.807) is 28.0 Å². The molecule has 7 nitrogen and oxygen atoms in total. The van der Waals surface area contributed by atoms with Crippen molar-refractivity contribution in [3.8, 4) is 11.3 Å². The Hall–Kier alpha value is -2.87. The molecule has 0 aliphatic carbocycles. The molecule has 0 bridgehead atoms. The summed E-state index contributed by atoms with van der Waals surface area (Å²) in [7, 11) is 0. The molecule has 1 aliphatic rings. The molecule has 0 radical (unpaired) electrons. The molecule has 0 saturated carbocycles. The van der Waals surface area contributed by atoms with Gasteiger partial charge in [0.15, 0.2) is 5.76 Å². The van der Waals surface area contributed by atoms with E-state index in [0.29, 0.717) is 27.9 Å². The Morgan fingerprint density at radius 1 is 1.28 bits per heavy atom. The van der Waals surface area contributed by atoms with E-state index < -0.39 is 6.17 Å². The zero-order valence-electron chi connectivity index (χ0n) is 16.4. The number of benzene rings is 1. The lowest BCUT2D eigenvalue weighted by molar-refractivity contribution is -0.764. The van der Waals surface area contributed by atoms with Crippen molar-refractivity contribution in [1.82, 2.24) is 10.1 Å². The van der Waals surface area contributed by atoms with E-state index in [1.165, 1.54) is 18.7 Å². The third-order valence-electron chi connectivity index (χ3n) is 4.88. The van der Waals surface area contributed by atoms with Gasteiger partial charge in [-0.1, -0.05) is 43.7 Å². The SMILES string of the molecule is CCCCCSc1n[n+]2c(c(=O)[nH]1)-c1ccccc1N(C(C)=O)C2c1ccco1. The number of para-hydroxylation sites is 1. The van der Waals surface area contributed by atoms with Crippen LogP contribution in [0.4, 0.5) is 5.69 Å². The van der Waals surface area contributed by atoms with Crippen LogP contribution in [0.3, 0.4) is 0 Å². The molecule has 1 amide bonds. The van der Waals surface area contributed by atoms with Crippen LogP contribution in [0.15, 0.2) is 57.0 Å². The van der Waals surface area contributed by atoms with E-state index in [2.05, 4.69) is 11.9 Å². The first-order chi connectivity index (χ1) is 14.1. The molecule has 0 spiro atoms. The summed E-state index contributed by atoms with van der Waals surface area (Å²) in [5.74, 6) is 1.26. The summed E-state index contributed by atoms with van der Waals surface area (Å²) in [5.41, 5.74) is 1.52. The lowest BCUT2D eigenvalue weighted by Crippen LogP contribution is -2.60. The van der Waals surface area contributed by atoms with Crippen molar-refractivity contribution in [2.75, 3.05) is 10.7 Å². The Morgan fingerprint density at radius 2 is 2.10 bits per heavy atom. The van der Waals surface area contributed by atoms with Gasteiger partial charge in [0, 0.05) is 17.8 Å². The number of carbonyl (C=O) groups is 1. The fourth-order valence-electron chi connectivity index (χ4n) is 3.59. The van der Waals surface area contributed by atoms with E-state index in [1.807, 2.05) is 24.3 Å². The molecule has 29 heavy (non-hydrogen) atoms. The van der Waals surface area contributed by atoms with Gasteiger partial charge in [0.1, 0.15) is 0 Å². The molecular weight excluding hydrogens is 388 g/mol. The maximum Gasteiger partial charge on any atom is 0.325 e. The van der Waals surface area contributed by atoms with Gasteiger partial charge >= 0.3 is 17.4 Å². The number of nitrogens with one attached hydrogen (secondary N) is 1. The number of hydrogen-bond donors (Lipinski definition) is 1. The van der Waals surface area contributed by atoms with Crippen molar-refractivity contribution in [3.63, 3.8) is 0 Å². The second kappa shape index (κ2) is 8.24. The first kappa shape index (κ1) is 19.4. The van der Waals surface area contributed by atoms with Crippen LogP contribution in [0.5, 0.6) is 0 Å². The second-order valence-electron chi connectivity index (χ2n) is 6.90. The third kappa shape index (κ3) is 3.60. The van der Waals surface area contributed by atoms with Gasteiger partial charge in [-0.3, -0.25) is 14.6 Å². The molecule has 3 aromatic rings. The maximum absolute atomic E-state index is 13.1. The third-order valence-corrected chi connectivity index (χ3v) is 5.83. The van der Waals surface area contributed by atoms with Crippen molar-refractivity contribution in [2.24, 2.45) is 0 Å². The van der Waals surface area contributed by atoms with E-state index in [-0.39, 0.29) is 11.5 Å². The van der Waals surface area contributed by atoms with E-state index in [0.717, 1.165) is 25.0 Å². The van der Waals surface area contributed by atoms with E-state index >= 15 is 0 Å². The first-order valence-electron chi connectivity index (χ1n) is 9.73. The van der Waals surface area contributed by atoms with Crippen molar-refractivity contribution >= 4 is 23.4 Å². The minimum Gasteiger partial charge on any atom is -0.460 e. The van der Waals surface area contributed by atoms with Crippen LogP contribution < -0.4 is 15.1 Å². The fraction of sp³-hybridized carbons (Fsp3) is 0.333. The molecule has 1 aromatic carbocycles. The van der Waals surface area contributed by atoms with Crippen LogP contribution >= 0.6 is 11.8 Å². The van der Waals surface area contributed by atoms with Crippen molar-refractivity contribution < 1.29 is 13.9 Å². The smallest absolute Gasteiger partial charge is 0.325 e. The van der Waals surface area contributed by atoms with Gasteiger partial charge in [0.25, 0.3) is 0 Å². The second-order valence-corrected chi connectivity index (χ2v) is 7.99. The molecule has 1 unspecified atom stereocenters. The van der Waals surface area contributed by atoms with Gasteiger partial charge in [0.2, 0.25) is 11.1 Å². The standard InChI is InChI=1S/C21H22N4O3S/c1-3-4-7-13-29-21-22-19(27)18-15-9-5-6-10-16(15)24(14(2)26)20(25(18)23-21)17-11-8-12-28-17/h5-6,8-12,20H,3-4,7,13H2,1-2H3/p+1. The number of thioether (sulfide) groups is 1. The predicted molar refractivity (Wildman–Crippen MR) is 111 cm³/mol. The number of aromatic amines is 1. The summed E-state index contributed by atoms with van der Waals surface area (Å²) in [6.07, 6.45) is 4.22. The molecular formula is C21H23N4O3S+. The first-order valence-corrected chi connectivity index (χ1v) is 10.7. The molecule has 4 rings (SSSR count). The zero-order chi connectivity index (χ0) is 20.4. The average molecular weight is 412 g/mol. The van der Waals surface area contributed by atoms with Crippen LogP contribution in [0.25, 0.3) is 11.3 Å². The van der Waals surface area contributed by atoms with Crippen LogP contribution in [-0.2, 0) is 4.79 Å². The number of rotatable bonds is 6. The van der Waals surface area contributed by atoms with Crippen molar-refractivity contribution in [3.05, 3.63) is 58.8 Å². The Balaban J connectivity index is 1.88. The summed E-state index contributed by atoms with van der Waals surface area (Å²) >= 11 is 1.52. The minimum absolute atomic E-state index is 0.156. The molecule has 1 atom stereocenters. The number of amides is 1. The quantitative estimate of drug-likeness (QED) is 0.381. The number of fused-ring (bicyclic) bond motifs is 3. The van der Waals surface area contributed by atoms with Gasteiger partial charge in [-0.05, 0) is 35.4 Å². The average Bonchev–Trinajstić information content (AvgIpc) is 3.24. The molecule has 1 aliphatic heterocycles. The predicted octanol–water partition coefficient (Wildman–Crippen LogP) is 3.51. The Morgan fingerprint density at radius 3 is 2.83 bits per heavy atom. The topological polar surface area (TPSA) is 83.1 Å². The number of H-pyrrole nitrogens is 1. The minimum atomic E-state index is -0.662. The number of anilines is 1. The molecule has 8 heteroatoms. The normalized spacial score (nSPS) is 15.1. The van der Waals surface area contributed by atoms with E-state index in [9.17, 15) is 9.59 Å². The van der Waals surface area contributed by atoms with Crippen LogP contribution in [0, 0.1) is 0 Å². The molecule has 0 saturated heterocycles.